The summed E-state index contributed by atoms with van der Waals surface area (Å²) in [5.41, 5.74) is 2.22. The van der Waals surface area contributed by atoms with E-state index in [1.165, 1.54) is 18.2 Å². The topological polar surface area (TPSA) is 79.3 Å². The third-order valence-electron chi connectivity index (χ3n) is 2.85. The molecule has 0 unspecified atom stereocenters. The van der Waals surface area contributed by atoms with Gasteiger partial charge in [0.15, 0.2) is 0 Å². The zero-order valence-corrected chi connectivity index (χ0v) is 11.4. The summed E-state index contributed by atoms with van der Waals surface area (Å²) < 4.78 is 0. The van der Waals surface area contributed by atoms with Gasteiger partial charge < -0.3 is 10.4 Å². The number of anilines is 1. The van der Waals surface area contributed by atoms with Crippen LogP contribution in [0.4, 0.5) is 5.69 Å². The van der Waals surface area contributed by atoms with E-state index >= 15 is 0 Å². The van der Waals surface area contributed by atoms with Gasteiger partial charge in [0.25, 0.3) is 0 Å². The molecule has 2 N–H and O–H groups in total. The van der Waals surface area contributed by atoms with Crippen molar-refractivity contribution in [1.82, 2.24) is 4.98 Å². The zero-order valence-electron chi connectivity index (χ0n) is 11.4. The molecule has 1 aromatic carbocycles. The van der Waals surface area contributed by atoms with Crippen molar-refractivity contribution in [3.63, 3.8) is 0 Å². The molecule has 0 fully saturated rings. The van der Waals surface area contributed by atoms with Crippen molar-refractivity contribution in [1.29, 1.82) is 0 Å². The summed E-state index contributed by atoms with van der Waals surface area (Å²) in [4.78, 5) is 26.7. The Kier molecular flexibility index (Phi) is 4.46. The number of nitrogens with zero attached hydrogens (tertiary/aromatic N) is 1. The molecular formula is C16H14N2O3. The number of nitrogens with one attached hydrogen (secondary N) is 1. The van der Waals surface area contributed by atoms with E-state index in [2.05, 4.69) is 10.3 Å². The lowest BCUT2D eigenvalue weighted by atomic mass is 10.1. The number of hydrogen-bond donors (Lipinski definition) is 2. The van der Waals surface area contributed by atoms with Crippen LogP contribution in [0.3, 0.4) is 0 Å². The Morgan fingerprint density at radius 3 is 2.76 bits per heavy atom. The van der Waals surface area contributed by atoms with Crippen molar-refractivity contribution in [3.8, 4) is 0 Å². The molecule has 0 bridgehead atoms. The molecule has 0 saturated carbocycles. The van der Waals surface area contributed by atoms with Crippen LogP contribution in [0.15, 0.2) is 48.8 Å². The first-order chi connectivity index (χ1) is 10.1. The first kappa shape index (κ1) is 14.5. The van der Waals surface area contributed by atoms with E-state index in [1.54, 1.807) is 37.5 Å². The summed E-state index contributed by atoms with van der Waals surface area (Å²) in [5, 5.41) is 11.6. The van der Waals surface area contributed by atoms with Crippen molar-refractivity contribution in [2.75, 3.05) is 5.32 Å². The van der Waals surface area contributed by atoms with Gasteiger partial charge in [-0.3, -0.25) is 9.78 Å². The molecule has 106 valence electrons. The molecule has 0 atom stereocenters. The van der Waals surface area contributed by atoms with E-state index in [1.807, 2.05) is 6.07 Å². The number of rotatable bonds is 4. The molecule has 1 amide bonds. The highest BCUT2D eigenvalue weighted by Gasteiger charge is 2.07. The zero-order chi connectivity index (χ0) is 15.2. The second-order valence-corrected chi connectivity index (χ2v) is 4.44. The van der Waals surface area contributed by atoms with E-state index in [0.717, 1.165) is 11.1 Å². The maximum atomic E-state index is 11.9. The molecule has 2 aromatic rings. The van der Waals surface area contributed by atoms with Gasteiger partial charge in [0.1, 0.15) is 0 Å². The van der Waals surface area contributed by atoms with Gasteiger partial charge in [0.2, 0.25) is 5.91 Å². The fraction of sp³-hybridized carbons (Fsp3) is 0.0625. The highest BCUT2D eigenvalue weighted by molar-refractivity contribution is 6.03. The second kappa shape index (κ2) is 6.47. The van der Waals surface area contributed by atoms with Gasteiger partial charge in [-0.05, 0) is 42.3 Å². The normalized spacial score (nSPS) is 10.5. The second-order valence-electron chi connectivity index (χ2n) is 4.44. The number of benzene rings is 1. The summed E-state index contributed by atoms with van der Waals surface area (Å²) in [6, 6.07) is 8.20. The maximum absolute atomic E-state index is 11.9. The molecule has 0 saturated heterocycles. The van der Waals surface area contributed by atoms with Crippen LogP contribution in [0.25, 0.3) is 6.08 Å². The number of pyridine rings is 1. The summed E-state index contributed by atoms with van der Waals surface area (Å²) in [6.07, 6.45) is 6.31. The van der Waals surface area contributed by atoms with Gasteiger partial charge in [-0.2, -0.15) is 0 Å². The van der Waals surface area contributed by atoms with Gasteiger partial charge in [-0.25, -0.2) is 4.79 Å². The van der Waals surface area contributed by atoms with Crippen LogP contribution in [0.1, 0.15) is 21.5 Å². The molecule has 2 rings (SSSR count). The quantitative estimate of drug-likeness (QED) is 0.845. The molecule has 0 aliphatic carbocycles. The van der Waals surface area contributed by atoms with Crippen LogP contribution in [0.2, 0.25) is 0 Å². The molecule has 5 nitrogen and oxygen atoms in total. The lowest BCUT2D eigenvalue weighted by Crippen LogP contribution is -2.10. The SMILES string of the molecule is Cc1ccc(C(=O)O)cc1NC(=O)/C=C/c1cccnc1. The van der Waals surface area contributed by atoms with Gasteiger partial charge >= 0.3 is 5.97 Å². The van der Waals surface area contributed by atoms with Gasteiger partial charge in [-0.1, -0.05) is 12.1 Å². The van der Waals surface area contributed by atoms with Crippen LogP contribution in [0, 0.1) is 6.92 Å². The Morgan fingerprint density at radius 1 is 1.29 bits per heavy atom. The first-order valence-electron chi connectivity index (χ1n) is 6.29. The van der Waals surface area contributed by atoms with Crippen molar-refractivity contribution >= 4 is 23.6 Å². The average molecular weight is 282 g/mol. The fourth-order valence-corrected chi connectivity index (χ4v) is 1.71. The molecule has 0 radical (unpaired) electrons. The van der Waals surface area contributed by atoms with Crippen molar-refractivity contribution < 1.29 is 14.7 Å². The summed E-state index contributed by atoms with van der Waals surface area (Å²) in [7, 11) is 0. The lowest BCUT2D eigenvalue weighted by Gasteiger charge is -2.07. The lowest BCUT2D eigenvalue weighted by molar-refractivity contribution is -0.111. The molecule has 5 heteroatoms. The number of carbonyl (C=O) groups excluding carboxylic acids is 1. The van der Waals surface area contributed by atoms with Crippen LogP contribution in [-0.4, -0.2) is 22.0 Å². The van der Waals surface area contributed by atoms with Crippen LogP contribution >= 0.6 is 0 Å². The number of amides is 1. The number of carboxylic acid groups (broad SMARTS) is 1. The van der Waals surface area contributed by atoms with Crippen molar-refractivity contribution in [2.45, 2.75) is 6.92 Å². The molecule has 0 aliphatic rings. The summed E-state index contributed by atoms with van der Waals surface area (Å²) >= 11 is 0. The predicted octanol–water partition coefficient (Wildman–Crippen LogP) is 2.74. The van der Waals surface area contributed by atoms with E-state index in [4.69, 9.17) is 5.11 Å². The monoisotopic (exact) mass is 282 g/mol. The largest absolute Gasteiger partial charge is 0.478 e. The van der Waals surface area contributed by atoms with Gasteiger partial charge in [0, 0.05) is 24.2 Å². The molecule has 1 heterocycles. The molecule has 1 aromatic heterocycles. The fourth-order valence-electron chi connectivity index (χ4n) is 1.71. The minimum absolute atomic E-state index is 0.132. The third kappa shape index (κ3) is 4.01. The molecule has 0 spiro atoms. The Labute approximate surface area is 122 Å². The average Bonchev–Trinajstić information content (AvgIpc) is 2.48. The Hall–Kier alpha value is -2.95. The summed E-state index contributed by atoms with van der Waals surface area (Å²) in [6.45, 7) is 1.80. The van der Waals surface area contributed by atoms with Crippen LogP contribution in [-0.2, 0) is 4.79 Å². The Balaban J connectivity index is 2.11. The summed E-state index contributed by atoms with van der Waals surface area (Å²) in [5.74, 6) is -1.36. The number of carboxylic acids is 1. The van der Waals surface area contributed by atoms with Crippen molar-refractivity contribution in [3.05, 3.63) is 65.5 Å². The smallest absolute Gasteiger partial charge is 0.335 e. The van der Waals surface area contributed by atoms with E-state index < -0.39 is 5.97 Å². The molecular weight excluding hydrogens is 268 g/mol. The maximum Gasteiger partial charge on any atom is 0.335 e. The number of carbonyl (C=O) groups is 2. The third-order valence-corrected chi connectivity index (χ3v) is 2.85. The van der Waals surface area contributed by atoms with Crippen LogP contribution < -0.4 is 5.32 Å². The number of aromatic nitrogens is 1. The van der Waals surface area contributed by atoms with Gasteiger partial charge in [-0.15, -0.1) is 0 Å². The molecule has 21 heavy (non-hydrogen) atoms. The predicted molar refractivity (Wildman–Crippen MR) is 80.0 cm³/mol. The Bertz CT molecular complexity index is 694. The minimum Gasteiger partial charge on any atom is -0.478 e. The van der Waals surface area contributed by atoms with E-state index in [-0.39, 0.29) is 11.5 Å². The van der Waals surface area contributed by atoms with E-state index in [0.29, 0.717) is 5.69 Å². The number of aromatic carboxylic acids is 1. The van der Waals surface area contributed by atoms with Crippen LogP contribution in [0.5, 0.6) is 0 Å². The first-order valence-corrected chi connectivity index (χ1v) is 6.29. The molecule has 0 aliphatic heterocycles. The number of aryl methyl sites for hydroxylation is 1. The van der Waals surface area contributed by atoms with Gasteiger partial charge in [0.05, 0.1) is 5.56 Å². The highest BCUT2D eigenvalue weighted by Crippen LogP contribution is 2.17. The Morgan fingerprint density at radius 2 is 2.10 bits per heavy atom. The van der Waals surface area contributed by atoms with E-state index in [9.17, 15) is 9.59 Å². The standard InChI is InChI=1S/C16H14N2O3/c1-11-4-6-13(16(20)21)9-14(11)18-15(19)7-5-12-3-2-8-17-10-12/h2-10H,1H3,(H,18,19)(H,20,21)/b7-5+. The van der Waals surface area contributed by atoms with Crippen molar-refractivity contribution in [2.24, 2.45) is 0 Å². The minimum atomic E-state index is -1.03. The highest BCUT2D eigenvalue weighted by atomic mass is 16.4. The number of hydrogen-bond acceptors (Lipinski definition) is 3.